The summed E-state index contributed by atoms with van der Waals surface area (Å²) in [7, 11) is 0. The number of nitrogens with one attached hydrogen (secondary N) is 1. The number of nitrogens with zero attached hydrogens (tertiary/aromatic N) is 3. The minimum atomic E-state index is -4.87. The number of rotatable bonds is 5. The Bertz CT molecular complexity index is 1320. The van der Waals surface area contributed by atoms with E-state index >= 15 is 0 Å². The fraction of sp³-hybridized carbons (Fsp3) is 0.136. The van der Waals surface area contributed by atoms with E-state index in [4.69, 9.17) is 4.74 Å². The monoisotopic (exact) mass is 476 g/mol. The molecule has 4 aromatic rings. The van der Waals surface area contributed by atoms with E-state index in [1.165, 1.54) is 17.1 Å². The number of carbonyl (C=O) groups excluding carboxylic acids is 1. The van der Waals surface area contributed by atoms with Crippen molar-refractivity contribution in [2.24, 2.45) is 0 Å². The molecule has 0 spiro atoms. The molecular formula is C22H16F4N4O2S. The summed E-state index contributed by atoms with van der Waals surface area (Å²) >= 11 is 1.62. The van der Waals surface area contributed by atoms with Crippen LogP contribution in [0, 0.1) is 5.82 Å². The van der Waals surface area contributed by atoms with Gasteiger partial charge in [0.2, 0.25) is 5.88 Å². The Balaban J connectivity index is 1.54. The van der Waals surface area contributed by atoms with Crippen molar-refractivity contribution in [1.82, 2.24) is 14.5 Å². The third kappa shape index (κ3) is 5.08. The average Bonchev–Trinajstić information content (AvgIpc) is 3.18. The van der Waals surface area contributed by atoms with Crippen LogP contribution in [-0.4, -0.2) is 26.8 Å². The number of amides is 1. The third-order valence-electron chi connectivity index (χ3n) is 4.62. The van der Waals surface area contributed by atoms with E-state index in [-0.39, 0.29) is 5.69 Å². The Morgan fingerprint density at radius 3 is 2.70 bits per heavy atom. The van der Waals surface area contributed by atoms with E-state index in [0.717, 1.165) is 11.8 Å². The SMILES string of the molecule is CSCc1cc(Oc2ccc3c(ccn3C(=O)Nc3ccc(F)c(C(F)(F)F)c3)c2)ncn1. The van der Waals surface area contributed by atoms with Crippen LogP contribution < -0.4 is 10.1 Å². The Morgan fingerprint density at radius 1 is 1.12 bits per heavy atom. The number of hydrogen-bond acceptors (Lipinski definition) is 5. The topological polar surface area (TPSA) is 69.0 Å². The summed E-state index contributed by atoms with van der Waals surface area (Å²) in [4.78, 5) is 20.9. The van der Waals surface area contributed by atoms with Crippen LogP contribution in [0.4, 0.5) is 28.0 Å². The molecule has 0 radical (unpaired) electrons. The van der Waals surface area contributed by atoms with Crippen LogP contribution in [0.15, 0.2) is 61.1 Å². The van der Waals surface area contributed by atoms with Gasteiger partial charge in [-0.3, -0.25) is 4.57 Å². The van der Waals surface area contributed by atoms with Crippen molar-refractivity contribution < 1.29 is 27.1 Å². The highest BCUT2D eigenvalue weighted by Crippen LogP contribution is 2.33. The van der Waals surface area contributed by atoms with E-state index in [0.29, 0.717) is 40.4 Å². The quantitative estimate of drug-likeness (QED) is 0.341. The predicted octanol–water partition coefficient (Wildman–Crippen LogP) is 6.32. The molecule has 2 heterocycles. The van der Waals surface area contributed by atoms with Crippen molar-refractivity contribution in [1.29, 1.82) is 0 Å². The van der Waals surface area contributed by atoms with Gasteiger partial charge in [0.05, 0.1) is 16.8 Å². The lowest BCUT2D eigenvalue weighted by Crippen LogP contribution is -2.19. The maximum atomic E-state index is 13.5. The molecule has 1 amide bonds. The fourth-order valence-electron chi connectivity index (χ4n) is 3.15. The van der Waals surface area contributed by atoms with Crippen LogP contribution in [-0.2, 0) is 11.9 Å². The Morgan fingerprint density at radius 2 is 1.94 bits per heavy atom. The molecule has 0 saturated carbocycles. The molecule has 33 heavy (non-hydrogen) atoms. The Labute approximate surface area is 189 Å². The molecule has 2 aromatic carbocycles. The molecule has 0 saturated heterocycles. The molecule has 0 fully saturated rings. The highest BCUT2D eigenvalue weighted by molar-refractivity contribution is 7.97. The minimum Gasteiger partial charge on any atom is -0.439 e. The average molecular weight is 476 g/mol. The maximum Gasteiger partial charge on any atom is 0.419 e. The lowest BCUT2D eigenvalue weighted by atomic mass is 10.2. The highest BCUT2D eigenvalue weighted by Gasteiger charge is 2.34. The summed E-state index contributed by atoms with van der Waals surface area (Å²) in [5.41, 5.74) is -0.306. The first-order valence-corrected chi connectivity index (χ1v) is 10.9. The van der Waals surface area contributed by atoms with Crippen molar-refractivity contribution in [2.45, 2.75) is 11.9 Å². The number of anilines is 1. The first-order chi connectivity index (χ1) is 15.7. The number of thioether (sulfide) groups is 1. The second-order valence-electron chi connectivity index (χ2n) is 6.91. The molecule has 170 valence electrons. The smallest absolute Gasteiger partial charge is 0.419 e. The van der Waals surface area contributed by atoms with Gasteiger partial charge in [0, 0.05) is 29.1 Å². The first kappa shape index (κ1) is 22.6. The van der Waals surface area contributed by atoms with Crippen LogP contribution in [0.2, 0.25) is 0 Å². The van der Waals surface area contributed by atoms with E-state index in [1.54, 1.807) is 42.1 Å². The van der Waals surface area contributed by atoms with Crippen LogP contribution in [0.1, 0.15) is 11.3 Å². The van der Waals surface area contributed by atoms with Crippen LogP contribution in [0.25, 0.3) is 10.9 Å². The number of halogens is 4. The maximum absolute atomic E-state index is 13.5. The number of carbonyl (C=O) groups is 1. The number of benzene rings is 2. The molecule has 0 aliphatic carbocycles. The number of ether oxygens (including phenoxy) is 1. The van der Waals surface area contributed by atoms with E-state index in [2.05, 4.69) is 15.3 Å². The third-order valence-corrected chi connectivity index (χ3v) is 5.20. The van der Waals surface area contributed by atoms with Gasteiger partial charge in [-0.05, 0) is 48.7 Å². The predicted molar refractivity (Wildman–Crippen MR) is 117 cm³/mol. The van der Waals surface area contributed by atoms with Crippen molar-refractivity contribution >= 4 is 34.4 Å². The van der Waals surface area contributed by atoms with Gasteiger partial charge < -0.3 is 10.1 Å². The van der Waals surface area contributed by atoms with Crippen LogP contribution in [0.5, 0.6) is 11.6 Å². The van der Waals surface area contributed by atoms with Gasteiger partial charge >= 0.3 is 12.2 Å². The summed E-state index contributed by atoms with van der Waals surface area (Å²) in [6, 6.07) is 9.95. The van der Waals surface area contributed by atoms with Gasteiger partial charge in [-0.15, -0.1) is 0 Å². The summed E-state index contributed by atoms with van der Waals surface area (Å²) in [5, 5.41) is 3.02. The van der Waals surface area contributed by atoms with Gasteiger partial charge in [0.15, 0.2) is 0 Å². The zero-order valence-electron chi connectivity index (χ0n) is 17.1. The molecule has 0 bridgehead atoms. The summed E-state index contributed by atoms with van der Waals surface area (Å²) in [6.07, 6.45) is -0.0248. The molecule has 0 atom stereocenters. The molecule has 1 N–H and O–H groups in total. The van der Waals surface area contributed by atoms with Gasteiger partial charge in [-0.1, -0.05) is 0 Å². The van der Waals surface area contributed by atoms with Gasteiger partial charge in [-0.25, -0.2) is 19.2 Å². The van der Waals surface area contributed by atoms with Crippen molar-refractivity contribution in [3.05, 3.63) is 78.1 Å². The zero-order chi connectivity index (χ0) is 23.6. The van der Waals surface area contributed by atoms with Crippen LogP contribution in [0.3, 0.4) is 0 Å². The molecule has 4 rings (SSSR count). The zero-order valence-corrected chi connectivity index (χ0v) is 17.9. The summed E-state index contributed by atoms with van der Waals surface area (Å²) < 4.78 is 59.3. The lowest BCUT2D eigenvalue weighted by molar-refractivity contribution is -0.139. The Hall–Kier alpha value is -3.60. The van der Waals surface area contributed by atoms with E-state index < -0.39 is 23.6 Å². The molecule has 0 unspecified atom stereocenters. The standard InChI is InChI=1S/C22H16F4N4O2S/c1-33-11-15-10-20(28-12-27-15)32-16-3-5-19-13(8-16)6-7-30(19)21(31)29-14-2-4-18(23)17(9-14)22(24,25)26/h2-10,12H,11H2,1H3,(H,29,31). The molecule has 0 aliphatic rings. The molecular weight excluding hydrogens is 460 g/mol. The molecule has 2 aromatic heterocycles. The van der Waals surface area contributed by atoms with E-state index in [9.17, 15) is 22.4 Å². The van der Waals surface area contributed by atoms with Gasteiger partial charge in [0.25, 0.3) is 0 Å². The van der Waals surface area contributed by atoms with Gasteiger partial charge in [0.1, 0.15) is 17.9 Å². The van der Waals surface area contributed by atoms with Crippen molar-refractivity contribution in [3.63, 3.8) is 0 Å². The number of fused-ring (bicyclic) bond motifs is 1. The second kappa shape index (κ2) is 9.10. The van der Waals surface area contributed by atoms with E-state index in [1.807, 2.05) is 6.26 Å². The largest absolute Gasteiger partial charge is 0.439 e. The first-order valence-electron chi connectivity index (χ1n) is 9.51. The normalized spacial score (nSPS) is 11.5. The Kier molecular flexibility index (Phi) is 6.23. The lowest BCUT2D eigenvalue weighted by Gasteiger charge is -2.12. The fourth-order valence-corrected chi connectivity index (χ4v) is 3.60. The summed E-state index contributed by atoms with van der Waals surface area (Å²) in [5.74, 6) is 0.169. The van der Waals surface area contributed by atoms with Crippen LogP contribution >= 0.6 is 11.8 Å². The van der Waals surface area contributed by atoms with Crippen molar-refractivity contribution in [3.8, 4) is 11.6 Å². The summed E-state index contributed by atoms with van der Waals surface area (Å²) in [6.45, 7) is 0. The number of alkyl halides is 3. The number of hydrogen-bond donors (Lipinski definition) is 1. The molecule has 0 aliphatic heterocycles. The molecule has 11 heteroatoms. The van der Waals surface area contributed by atoms with Gasteiger partial charge in [-0.2, -0.15) is 24.9 Å². The number of aromatic nitrogens is 3. The molecule has 6 nitrogen and oxygen atoms in total. The second-order valence-corrected chi connectivity index (χ2v) is 7.78. The highest BCUT2D eigenvalue weighted by atomic mass is 32.2. The minimum absolute atomic E-state index is 0.180. The van der Waals surface area contributed by atoms with Crippen molar-refractivity contribution in [2.75, 3.05) is 11.6 Å².